The van der Waals surface area contributed by atoms with Crippen LogP contribution in [0, 0.1) is 6.92 Å². The lowest BCUT2D eigenvalue weighted by molar-refractivity contribution is 0.306. The van der Waals surface area contributed by atoms with Crippen molar-refractivity contribution in [3.8, 4) is 0 Å². The maximum atomic E-state index is 4.69. The van der Waals surface area contributed by atoms with Gasteiger partial charge in [0, 0.05) is 17.0 Å². The van der Waals surface area contributed by atoms with Crippen molar-refractivity contribution < 1.29 is 0 Å². The van der Waals surface area contributed by atoms with E-state index in [2.05, 4.69) is 42.5 Å². The molecule has 1 aliphatic rings. The molecule has 0 amide bonds. The monoisotopic (exact) mass is 290 g/mol. The van der Waals surface area contributed by atoms with Crippen LogP contribution >= 0.6 is 11.3 Å². The van der Waals surface area contributed by atoms with E-state index in [-0.39, 0.29) is 5.54 Å². The molecule has 0 spiro atoms. The number of anilines is 2. The third-order valence-corrected chi connectivity index (χ3v) is 4.87. The summed E-state index contributed by atoms with van der Waals surface area (Å²) in [6, 6.07) is 2.19. The second kappa shape index (κ2) is 5.20. The highest BCUT2D eigenvalue weighted by molar-refractivity contribution is 7.18. The second-order valence-electron chi connectivity index (χ2n) is 5.94. The van der Waals surface area contributed by atoms with Crippen molar-refractivity contribution >= 4 is 33.3 Å². The van der Waals surface area contributed by atoms with Gasteiger partial charge in [-0.1, -0.05) is 6.92 Å². The van der Waals surface area contributed by atoms with Gasteiger partial charge < -0.3 is 10.6 Å². The van der Waals surface area contributed by atoms with E-state index in [1.807, 2.05) is 0 Å². The van der Waals surface area contributed by atoms with Gasteiger partial charge in [-0.15, -0.1) is 11.3 Å². The van der Waals surface area contributed by atoms with E-state index in [9.17, 15) is 0 Å². The summed E-state index contributed by atoms with van der Waals surface area (Å²) in [4.78, 5) is 11.7. The van der Waals surface area contributed by atoms with Crippen molar-refractivity contribution in [1.29, 1.82) is 0 Å². The lowest BCUT2D eigenvalue weighted by Crippen LogP contribution is -2.42. The van der Waals surface area contributed by atoms with E-state index in [0.29, 0.717) is 0 Å². The summed E-state index contributed by atoms with van der Waals surface area (Å²) >= 11 is 1.73. The van der Waals surface area contributed by atoms with Crippen LogP contribution in [-0.4, -0.2) is 22.1 Å². The van der Waals surface area contributed by atoms with Crippen LogP contribution in [0.25, 0.3) is 10.2 Å². The maximum absolute atomic E-state index is 4.69. The van der Waals surface area contributed by atoms with Gasteiger partial charge in [0.1, 0.15) is 10.6 Å². The quantitative estimate of drug-likeness (QED) is 0.867. The highest BCUT2D eigenvalue weighted by Crippen LogP contribution is 2.37. The van der Waals surface area contributed by atoms with E-state index in [0.717, 1.165) is 34.9 Å². The molecule has 1 aliphatic carbocycles. The van der Waals surface area contributed by atoms with E-state index in [4.69, 9.17) is 4.98 Å². The van der Waals surface area contributed by atoms with E-state index < -0.39 is 0 Å². The fraction of sp³-hybridized carbons (Fsp3) is 0.600. The summed E-state index contributed by atoms with van der Waals surface area (Å²) < 4.78 is 0. The predicted octanol–water partition coefficient (Wildman–Crippen LogP) is 4.18. The molecule has 3 rings (SSSR count). The molecule has 0 bridgehead atoms. The zero-order valence-corrected chi connectivity index (χ0v) is 13.2. The molecule has 4 nitrogen and oxygen atoms in total. The number of aryl methyl sites for hydroxylation is 1. The van der Waals surface area contributed by atoms with Gasteiger partial charge >= 0.3 is 0 Å². The average molecular weight is 290 g/mol. The van der Waals surface area contributed by atoms with Gasteiger partial charge in [-0.05, 0) is 45.6 Å². The van der Waals surface area contributed by atoms with Crippen LogP contribution in [0.4, 0.5) is 11.8 Å². The zero-order valence-electron chi connectivity index (χ0n) is 12.4. The Kier molecular flexibility index (Phi) is 3.54. The first kappa shape index (κ1) is 13.6. The molecule has 0 radical (unpaired) electrons. The molecule has 0 unspecified atom stereocenters. The van der Waals surface area contributed by atoms with Crippen molar-refractivity contribution in [2.24, 2.45) is 0 Å². The first-order chi connectivity index (χ1) is 9.59. The molecule has 0 aromatic carbocycles. The Hall–Kier alpha value is -1.36. The van der Waals surface area contributed by atoms with Crippen molar-refractivity contribution in [3.05, 3.63) is 10.9 Å². The molecule has 1 fully saturated rings. The number of hydrogen-bond acceptors (Lipinski definition) is 5. The number of thiophene rings is 1. The molecule has 2 aromatic heterocycles. The molecule has 2 heterocycles. The third-order valence-electron chi connectivity index (χ3n) is 3.93. The van der Waals surface area contributed by atoms with Gasteiger partial charge in [0.15, 0.2) is 0 Å². The predicted molar refractivity (Wildman–Crippen MR) is 86.8 cm³/mol. The Morgan fingerprint density at radius 3 is 2.80 bits per heavy atom. The molecule has 2 aromatic rings. The number of nitrogens with one attached hydrogen (secondary N) is 2. The van der Waals surface area contributed by atoms with Crippen LogP contribution < -0.4 is 10.6 Å². The molecule has 1 saturated carbocycles. The Morgan fingerprint density at radius 1 is 1.35 bits per heavy atom. The largest absolute Gasteiger partial charge is 0.364 e. The summed E-state index contributed by atoms with van der Waals surface area (Å²) in [5, 5.41) is 8.10. The second-order valence-corrected chi connectivity index (χ2v) is 7.17. The van der Waals surface area contributed by atoms with Crippen molar-refractivity contribution in [1.82, 2.24) is 9.97 Å². The van der Waals surface area contributed by atoms with E-state index in [1.54, 1.807) is 11.3 Å². The van der Waals surface area contributed by atoms with Crippen LogP contribution in [0.3, 0.4) is 0 Å². The molecular formula is C15H22N4S. The van der Waals surface area contributed by atoms with Crippen molar-refractivity contribution in [2.75, 3.05) is 17.2 Å². The van der Waals surface area contributed by atoms with Crippen LogP contribution in [0.1, 0.15) is 44.4 Å². The average Bonchev–Trinajstić information content (AvgIpc) is 2.75. The summed E-state index contributed by atoms with van der Waals surface area (Å²) in [7, 11) is 0. The Morgan fingerprint density at radius 2 is 2.15 bits per heavy atom. The number of aromatic nitrogens is 2. The van der Waals surface area contributed by atoms with Crippen molar-refractivity contribution in [3.63, 3.8) is 0 Å². The maximum Gasteiger partial charge on any atom is 0.226 e. The molecule has 0 saturated heterocycles. The number of fused-ring (bicyclic) bond motifs is 1. The Balaban J connectivity index is 1.97. The lowest BCUT2D eigenvalue weighted by Gasteiger charge is -2.39. The third kappa shape index (κ3) is 2.59. The SMILES string of the molecule is CCCNc1nc(NC2(C)CCC2)c2cc(C)sc2n1. The van der Waals surface area contributed by atoms with Gasteiger partial charge in [0.2, 0.25) is 5.95 Å². The summed E-state index contributed by atoms with van der Waals surface area (Å²) in [5.41, 5.74) is 0.207. The van der Waals surface area contributed by atoms with Gasteiger partial charge in [-0.3, -0.25) is 0 Å². The number of rotatable bonds is 5. The van der Waals surface area contributed by atoms with Gasteiger partial charge in [0.25, 0.3) is 0 Å². The molecule has 20 heavy (non-hydrogen) atoms. The standard InChI is InChI=1S/C15H22N4S/c1-4-8-16-14-17-12(19-15(3)6-5-7-15)11-9-10(2)20-13(11)18-14/h9H,4-8H2,1-3H3,(H2,16,17,18,19). The van der Waals surface area contributed by atoms with Gasteiger partial charge in [-0.2, -0.15) is 4.98 Å². The summed E-state index contributed by atoms with van der Waals surface area (Å²) in [6.45, 7) is 7.46. The van der Waals surface area contributed by atoms with Crippen LogP contribution in [0.15, 0.2) is 6.07 Å². The fourth-order valence-corrected chi connectivity index (χ4v) is 3.45. The topological polar surface area (TPSA) is 49.8 Å². The minimum absolute atomic E-state index is 0.207. The molecule has 2 N–H and O–H groups in total. The first-order valence-electron chi connectivity index (χ1n) is 7.40. The smallest absolute Gasteiger partial charge is 0.226 e. The normalized spacial score (nSPS) is 16.9. The highest BCUT2D eigenvalue weighted by Gasteiger charge is 2.32. The molecule has 0 atom stereocenters. The number of hydrogen-bond donors (Lipinski definition) is 2. The first-order valence-corrected chi connectivity index (χ1v) is 8.21. The van der Waals surface area contributed by atoms with Gasteiger partial charge in [-0.25, -0.2) is 4.98 Å². The van der Waals surface area contributed by atoms with Crippen LogP contribution in [0.2, 0.25) is 0 Å². The van der Waals surface area contributed by atoms with Crippen LogP contribution in [-0.2, 0) is 0 Å². The molecule has 5 heteroatoms. The lowest BCUT2D eigenvalue weighted by atomic mass is 9.78. The van der Waals surface area contributed by atoms with Gasteiger partial charge in [0.05, 0.1) is 5.39 Å². The Bertz CT molecular complexity index is 616. The molecule has 108 valence electrons. The molecule has 0 aliphatic heterocycles. The van der Waals surface area contributed by atoms with Crippen LogP contribution in [0.5, 0.6) is 0 Å². The summed E-state index contributed by atoms with van der Waals surface area (Å²) in [5.74, 6) is 1.73. The molecular weight excluding hydrogens is 268 g/mol. The van der Waals surface area contributed by atoms with E-state index >= 15 is 0 Å². The minimum Gasteiger partial charge on any atom is -0.364 e. The minimum atomic E-state index is 0.207. The fourth-order valence-electron chi connectivity index (χ4n) is 2.57. The van der Waals surface area contributed by atoms with Crippen molar-refractivity contribution in [2.45, 2.75) is 52.0 Å². The summed E-state index contributed by atoms with van der Waals surface area (Å²) in [6.07, 6.45) is 4.82. The Labute approximate surface area is 124 Å². The van der Waals surface area contributed by atoms with E-state index in [1.165, 1.54) is 24.1 Å². The highest BCUT2D eigenvalue weighted by atomic mass is 32.1. The number of nitrogens with zero attached hydrogens (tertiary/aromatic N) is 2. The zero-order chi connectivity index (χ0) is 14.2.